The van der Waals surface area contributed by atoms with Crippen molar-refractivity contribution < 1.29 is 18.5 Å². The number of benzene rings is 1. The van der Waals surface area contributed by atoms with Crippen LogP contribution in [-0.4, -0.2) is 26.8 Å². The van der Waals surface area contributed by atoms with Crippen LogP contribution in [-0.2, 0) is 6.54 Å². The normalized spacial score (nSPS) is 10.5. The summed E-state index contributed by atoms with van der Waals surface area (Å²) in [5.74, 6) is -1.92. The first-order chi connectivity index (χ1) is 11.5. The lowest BCUT2D eigenvalue weighted by Gasteiger charge is -2.01. The Labute approximate surface area is 135 Å². The highest BCUT2D eigenvalue weighted by molar-refractivity contribution is 6.04. The summed E-state index contributed by atoms with van der Waals surface area (Å²) >= 11 is 0. The lowest BCUT2D eigenvalue weighted by atomic mass is 10.2. The first-order valence-electron chi connectivity index (χ1n) is 6.86. The number of nitrogens with two attached hydrogens (primary N) is 1. The predicted octanol–water partition coefficient (Wildman–Crippen LogP) is 1.41. The molecule has 0 bridgehead atoms. The van der Waals surface area contributed by atoms with E-state index >= 15 is 0 Å². The number of anilines is 1. The number of carbonyl (C=O) groups is 2. The van der Waals surface area contributed by atoms with Crippen LogP contribution in [0.5, 0.6) is 0 Å². The molecular weight excluding hydrogens is 317 g/mol. The van der Waals surface area contributed by atoms with Crippen molar-refractivity contribution in [3.05, 3.63) is 65.6 Å². The smallest absolute Gasteiger partial charge is 0.287 e. The molecule has 2 heterocycles. The Morgan fingerprint density at radius 1 is 1.33 bits per heavy atom. The highest BCUT2D eigenvalue weighted by Gasteiger charge is 2.16. The minimum Gasteiger partial charge on any atom is -0.363 e. The molecule has 0 saturated heterocycles. The second-order valence-electron chi connectivity index (χ2n) is 4.95. The second kappa shape index (κ2) is 6.32. The molecule has 0 atom stereocenters. The van der Waals surface area contributed by atoms with Crippen LogP contribution in [0, 0.1) is 5.82 Å². The first-order valence-corrected chi connectivity index (χ1v) is 6.86. The third-order valence-electron chi connectivity index (χ3n) is 3.11. The van der Waals surface area contributed by atoms with Crippen LogP contribution in [0.4, 0.5) is 10.1 Å². The van der Waals surface area contributed by atoms with Gasteiger partial charge in [-0.05, 0) is 17.7 Å². The lowest BCUT2D eigenvalue weighted by molar-refractivity contribution is 0.0960. The van der Waals surface area contributed by atoms with E-state index < -0.39 is 11.8 Å². The van der Waals surface area contributed by atoms with E-state index in [-0.39, 0.29) is 17.3 Å². The summed E-state index contributed by atoms with van der Waals surface area (Å²) < 4.78 is 19.3. The molecule has 8 nitrogen and oxygen atoms in total. The Morgan fingerprint density at radius 3 is 2.88 bits per heavy atom. The van der Waals surface area contributed by atoms with Gasteiger partial charge in [-0.1, -0.05) is 17.3 Å². The Bertz CT molecular complexity index is 902. The molecule has 3 N–H and O–H groups in total. The SMILES string of the molecule is NC(=O)c1cc(C(=O)Nc2cnn(Cc3cccc(F)c3)c2)no1. The van der Waals surface area contributed by atoms with Gasteiger partial charge in [0.1, 0.15) is 5.82 Å². The van der Waals surface area contributed by atoms with Gasteiger partial charge in [-0.15, -0.1) is 0 Å². The number of hydrogen-bond acceptors (Lipinski definition) is 5. The number of rotatable bonds is 5. The number of primary amides is 1. The van der Waals surface area contributed by atoms with E-state index in [1.807, 2.05) is 0 Å². The van der Waals surface area contributed by atoms with Gasteiger partial charge in [-0.25, -0.2) is 4.39 Å². The van der Waals surface area contributed by atoms with E-state index in [4.69, 9.17) is 5.73 Å². The highest BCUT2D eigenvalue weighted by atomic mass is 19.1. The van der Waals surface area contributed by atoms with E-state index in [9.17, 15) is 14.0 Å². The number of hydrogen-bond donors (Lipinski definition) is 2. The van der Waals surface area contributed by atoms with Crippen molar-refractivity contribution >= 4 is 17.5 Å². The summed E-state index contributed by atoms with van der Waals surface area (Å²) in [5, 5.41) is 10.1. The number of nitrogens with zero attached hydrogens (tertiary/aromatic N) is 3. The Morgan fingerprint density at radius 2 is 2.17 bits per heavy atom. The highest BCUT2D eigenvalue weighted by Crippen LogP contribution is 2.11. The zero-order valence-electron chi connectivity index (χ0n) is 12.3. The van der Waals surface area contributed by atoms with Crippen LogP contribution in [0.3, 0.4) is 0 Å². The maximum atomic E-state index is 13.2. The molecule has 0 aliphatic carbocycles. The minimum atomic E-state index is -0.815. The van der Waals surface area contributed by atoms with Gasteiger partial charge >= 0.3 is 0 Å². The molecule has 3 rings (SSSR count). The summed E-state index contributed by atoms with van der Waals surface area (Å²) in [6.45, 7) is 0.351. The van der Waals surface area contributed by atoms with Gasteiger partial charge in [-0.2, -0.15) is 5.10 Å². The average Bonchev–Trinajstić information content (AvgIpc) is 3.17. The molecule has 3 aromatic rings. The monoisotopic (exact) mass is 329 g/mol. The predicted molar refractivity (Wildman–Crippen MR) is 80.7 cm³/mol. The fourth-order valence-corrected chi connectivity index (χ4v) is 2.03. The molecule has 0 saturated carbocycles. The third-order valence-corrected chi connectivity index (χ3v) is 3.11. The maximum Gasteiger partial charge on any atom is 0.287 e. The summed E-state index contributed by atoms with van der Waals surface area (Å²) in [6.07, 6.45) is 3.02. The van der Waals surface area contributed by atoms with E-state index in [2.05, 4.69) is 20.1 Å². The van der Waals surface area contributed by atoms with Crippen molar-refractivity contribution in [3.63, 3.8) is 0 Å². The van der Waals surface area contributed by atoms with Gasteiger partial charge in [0.25, 0.3) is 11.8 Å². The Hall–Kier alpha value is -3.49. The van der Waals surface area contributed by atoms with Gasteiger partial charge in [0, 0.05) is 12.3 Å². The van der Waals surface area contributed by atoms with Crippen molar-refractivity contribution in [1.29, 1.82) is 0 Å². The van der Waals surface area contributed by atoms with Gasteiger partial charge in [0.2, 0.25) is 5.76 Å². The van der Waals surface area contributed by atoms with Crippen molar-refractivity contribution in [2.75, 3.05) is 5.32 Å². The zero-order chi connectivity index (χ0) is 17.1. The van der Waals surface area contributed by atoms with Crippen LogP contribution < -0.4 is 11.1 Å². The molecule has 122 valence electrons. The van der Waals surface area contributed by atoms with E-state index in [0.29, 0.717) is 12.2 Å². The van der Waals surface area contributed by atoms with Gasteiger partial charge in [-0.3, -0.25) is 14.3 Å². The minimum absolute atomic E-state index is 0.0818. The fraction of sp³-hybridized carbons (Fsp3) is 0.0667. The van der Waals surface area contributed by atoms with Crippen LogP contribution in [0.1, 0.15) is 26.6 Å². The van der Waals surface area contributed by atoms with Crippen molar-refractivity contribution in [3.8, 4) is 0 Å². The molecule has 24 heavy (non-hydrogen) atoms. The summed E-state index contributed by atoms with van der Waals surface area (Å²) in [4.78, 5) is 22.9. The van der Waals surface area contributed by atoms with E-state index in [1.165, 1.54) is 18.3 Å². The van der Waals surface area contributed by atoms with Gasteiger partial charge in [0.05, 0.1) is 18.4 Å². The third kappa shape index (κ3) is 3.46. The molecule has 0 unspecified atom stereocenters. The molecule has 0 aliphatic heterocycles. The van der Waals surface area contributed by atoms with Gasteiger partial charge in [0.15, 0.2) is 5.69 Å². The van der Waals surface area contributed by atoms with Crippen LogP contribution in [0.15, 0.2) is 47.2 Å². The topological polar surface area (TPSA) is 116 Å². The summed E-state index contributed by atoms with van der Waals surface area (Å²) in [6, 6.07) is 7.29. The zero-order valence-corrected chi connectivity index (χ0v) is 12.3. The molecule has 9 heteroatoms. The lowest BCUT2D eigenvalue weighted by Crippen LogP contribution is -2.12. The molecule has 0 spiro atoms. The van der Waals surface area contributed by atoms with Crippen LogP contribution >= 0.6 is 0 Å². The van der Waals surface area contributed by atoms with Crippen LogP contribution in [0.25, 0.3) is 0 Å². The number of halogens is 1. The van der Waals surface area contributed by atoms with E-state index in [0.717, 1.165) is 11.6 Å². The number of amides is 2. The van der Waals surface area contributed by atoms with Crippen molar-refractivity contribution in [2.24, 2.45) is 5.73 Å². The molecule has 0 fully saturated rings. The molecule has 1 aromatic carbocycles. The van der Waals surface area contributed by atoms with Crippen molar-refractivity contribution in [1.82, 2.24) is 14.9 Å². The molecular formula is C15H12FN5O3. The quantitative estimate of drug-likeness (QED) is 0.734. The maximum absolute atomic E-state index is 13.2. The number of carbonyl (C=O) groups excluding carboxylic acids is 2. The number of nitrogens with one attached hydrogen (secondary N) is 1. The average molecular weight is 329 g/mol. The first kappa shape index (κ1) is 15.4. The molecule has 0 radical (unpaired) electrons. The summed E-state index contributed by atoms with van der Waals surface area (Å²) in [5.41, 5.74) is 6.09. The standard InChI is InChI=1S/C15H12FN5O3/c16-10-3-1-2-9(4-10)7-21-8-11(6-18-21)19-15(23)12-5-13(14(17)22)24-20-12/h1-6,8H,7H2,(H2,17,22)(H,19,23). The second-order valence-corrected chi connectivity index (χ2v) is 4.95. The fourth-order valence-electron chi connectivity index (χ4n) is 2.03. The largest absolute Gasteiger partial charge is 0.363 e. The molecule has 0 aliphatic rings. The van der Waals surface area contributed by atoms with Crippen molar-refractivity contribution in [2.45, 2.75) is 6.54 Å². The summed E-state index contributed by atoms with van der Waals surface area (Å²) in [7, 11) is 0. The van der Waals surface area contributed by atoms with E-state index in [1.54, 1.807) is 23.0 Å². The van der Waals surface area contributed by atoms with Crippen LogP contribution in [0.2, 0.25) is 0 Å². The Kier molecular flexibility index (Phi) is 4.06. The molecule has 2 amide bonds. The molecule has 2 aromatic heterocycles. The Balaban J connectivity index is 1.67. The van der Waals surface area contributed by atoms with Gasteiger partial charge < -0.3 is 15.6 Å². The number of aromatic nitrogens is 3.